The van der Waals surface area contributed by atoms with Gasteiger partial charge in [0.2, 0.25) is 11.8 Å². The molecule has 1 unspecified atom stereocenters. The summed E-state index contributed by atoms with van der Waals surface area (Å²) < 4.78 is 0. The highest BCUT2D eigenvalue weighted by atomic mass is 16.2. The molecule has 4 N–H and O–H groups in total. The van der Waals surface area contributed by atoms with Gasteiger partial charge in [-0.2, -0.15) is 0 Å². The lowest BCUT2D eigenvalue weighted by molar-refractivity contribution is -0.127. The monoisotopic (exact) mass is 347 g/mol. The van der Waals surface area contributed by atoms with Gasteiger partial charge in [-0.15, -0.1) is 0 Å². The molecule has 2 atom stereocenters. The van der Waals surface area contributed by atoms with E-state index in [1.807, 2.05) is 13.8 Å². The summed E-state index contributed by atoms with van der Waals surface area (Å²) in [4.78, 5) is 24.1. The summed E-state index contributed by atoms with van der Waals surface area (Å²) in [7, 11) is 0. The molecule has 1 aromatic rings. The molecular weight excluding hydrogens is 314 g/mol. The first kappa shape index (κ1) is 21.2. The van der Waals surface area contributed by atoms with E-state index in [9.17, 15) is 9.59 Å². The van der Waals surface area contributed by atoms with Crippen molar-refractivity contribution in [2.75, 3.05) is 6.54 Å². The van der Waals surface area contributed by atoms with E-state index in [1.54, 1.807) is 0 Å². The highest BCUT2D eigenvalue weighted by Crippen LogP contribution is 2.24. The Balaban J connectivity index is 2.68. The van der Waals surface area contributed by atoms with Crippen LogP contribution in [0.15, 0.2) is 24.3 Å². The maximum atomic E-state index is 12.2. The van der Waals surface area contributed by atoms with Crippen molar-refractivity contribution in [3.05, 3.63) is 35.4 Å². The lowest BCUT2D eigenvalue weighted by Crippen LogP contribution is -2.47. The van der Waals surface area contributed by atoms with Crippen LogP contribution >= 0.6 is 0 Å². The maximum absolute atomic E-state index is 12.2. The van der Waals surface area contributed by atoms with Gasteiger partial charge < -0.3 is 16.4 Å². The van der Waals surface area contributed by atoms with E-state index in [1.165, 1.54) is 5.56 Å². The van der Waals surface area contributed by atoms with E-state index in [2.05, 4.69) is 62.6 Å². The van der Waals surface area contributed by atoms with Crippen molar-refractivity contribution < 1.29 is 9.59 Å². The number of rotatable bonds is 8. The Labute approximate surface area is 151 Å². The summed E-state index contributed by atoms with van der Waals surface area (Å²) in [5.41, 5.74) is 8.12. The molecule has 0 bridgehead atoms. The fourth-order valence-corrected chi connectivity index (χ4v) is 2.54. The Morgan fingerprint density at radius 1 is 0.920 bits per heavy atom. The SMILES string of the molecule is CC(C)c1ccc(C(NC(=O)CNC(=O)[C@@H](N)C(C)C)C(C)C)cc1. The van der Waals surface area contributed by atoms with Gasteiger partial charge in [0.15, 0.2) is 0 Å². The van der Waals surface area contributed by atoms with Crippen molar-refractivity contribution in [3.63, 3.8) is 0 Å². The molecule has 0 aliphatic carbocycles. The zero-order valence-corrected chi connectivity index (χ0v) is 16.3. The van der Waals surface area contributed by atoms with Gasteiger partial charge in [-0.3, -0.25) is 9.59 Å². The van der Waals surface area contributed by atoms with Crippen LogP contribution in [-0.2, 0) is 9.59 Å². The normalized spacial score (nSPS) is 13.8. The van der Waals surface area contributed by atoms with E-state index in [0.29, 0.717) is 5.92 Å². The predicted octanol–water partition coefficient (Wildman–Crippen LogP) is 2.72. The molecule has 2 amide bonds. The molecule has 25 heavy (non-hydrogen) atoms. The first-order valence-corrected chi connectivity index (χ1v) is 9.06. The lowest BCUT2D eigenvalue weighted by atomic mass is 9.93. The molecule has 0 aliphatic rings. The minimum atomic E-state index is -0.600. The van der Waals surface area contributed by atoms with E-state index in [-0.39, 0.29) is 36.2 Å². The minimum Gasteiger partial charge on any atom is -0.348 e. The molecule has 1 rings (SSSR count). The van der Waals surface area contributed by atoms with Gasteiger partial charge in [0.1, 0.15) is 0 Å². The van der Waals surface area contributed by atoms with Crippen molar-refractivity contribution in [1.29, 1.82) is 0 Å². The van der Waals surface area contributed by atoms with E-state index < -0.39 is 6.04 Å². The van der Waals surface area contributed by atoms with Gasteiger partial charge in [-0.25, -0.2) is 0 Å². The Kier molecular flexibility index (Phi) is 8.10. The van der Waals surface area contributed by atoms with Gasteiger partial charge in [0, 0.05) is 0 Å². The summed E-state index contributed by atoms with van der Waals surface area (Å²) in [5, 5.41) is 5.62. The van der Waals surface area contributed by atoms with E-state index >= 15 is 0 Å². The molecule has 5 nitrogen and oxygen atoms in total. The molecule has 0 aliphatic heterocycles. The third kappa shape index (κ3) is 6.50. The first-order chi connectivity index (χ1) is 11.6. The highest BCUT2D eigenvalue weighted by molar-refractivity contribution is 5.87. The fraction of sp³-hybridized carbons (Fsp3) is 0.600. The molecule has 0 saturated carbocycles. The number of nitrogens with one attached hydrogen (secondary N) is 2. The smallest absolute Gasteiger partial charge is 0.239 e. The summed E-state index contributed by atoms with van der Waals surface area (Å²) in [6.07, 6.45) is 0. The van der Waals surface area contributed by atoms with Gasteiger partial charge in [-0.05, 0) is 28.9 Å². The van der Waals surface area contributed by atoms with Gasteiger partial charge >= 0.3 is 0 Å². The van der Waals surface area contributed by atoms with Gasteiger partial charge in [0.05, 0.1) is 18.6 Å². The molecule has 140 valence electrons. The number of carbonyl (C=O) groups excluding carboxylic acids is 2. The fourth-order valence-electron chi connectivity index (χ4n) is 2.54. The predicted molar refractivity (Wildman–Crippen MR) is 102 cm³/mol. The van der Waals surface area contributed by atoms with Crippen LogP contribution in [0, 0.1) is 11.8 Å². The zero-order valence-electron chi connectivity index (χ0n) is 16.3. The third-order valence-electron chi connectivity index (χ3n) is 4.39. The number of carbonyl (C=O) groups is 2. The molecule has 1 aromatic carbocycles. The van der Waals surface area contributed by atoms with Crippen LogP contribution in [0.1, 0.15) is 64.6 Å². The molecular formula is C20H33N3O2. The standard InChI is InChI=1S/C20H33N3O2/c1-12(2)15-7-9-16(10-8-15)19(14(5)6)23-17(24)11-22-20(25)18(21)13(3)4/h7-10,12-14,18-19H,11,21H2,1-6H3,(H,22,25)(H,23,24)/t18-,19?/m0/s1. The summed E-state index contributed by atoms with van der Waals surface area (Å²) in [6, 6.07) is 7.64. The van der Waals surface area contributed by atoms with Gasteiger partial charge in [0.25, 0.3) is 0 Å². The Bertz CT molecular complexity index is 565. The second kappa shape index (κ2) is 9.56. The Morgan fingerprint density at radius 3 is 1.88 bits per heavy atom. The Morgan fingerprint density at radius 2 is 1.44 bits per heavy atom. The van der Waals surface area contributed by atoms with Crippen molar-refractivity contribution in [2.24, 2.45) is 17.6 Å². The van der Waals surface area contributed by atoms with Crippen molar-refractivity contribution >= 4 is 11.8 Å². The first-order valence-electron chi connectivity index (χ1n) is 9.06. The van der Waals surface area contributed by atoms with E-state index in [4.69, 9.17) is 5.73 Å². The molecule has 0 saturated heterocycles. The molecule has 5 heteroatoms. The molecule has 0 fully saturated rings. The minimum absolute atomic E-state index is 0.0333. The molecule has 0 spiro atoms. The summed E-state index contributed by atoms with van der Waals surface area (Å²) in [5.74, 6) is 0.235. The Hall–Kier alpha value is -1.88. The second-order valence-electron chi connectivity index (χ2n) is 7.60. The van der Waals surface area contributed by atoms with Crippen molar-refractivity contribution in [3.8, 4) is 0 Å². The largest absolute Gasteiger partial charge is 0.348 e. The molecule has 0 heterocycles. The second-order valence-corrected chi connectivity index (χ2v) is 7.60. The number of hydrogen-bond donors (Lipinski definition) is 3. The summed E-state index contributed by atoms with van der Waals surface area (Å²) in [6.45, 7) is 12.1. The molecule has 0 aromatic heterocycles. The molecule has 0 radical (unpaired) electrons. The average Bonchev–Trinajstić information content (AvgIpc) is 2.56. The van der Waals surface area contributed by atoms with Crippen LogP contribution < -0.4 is 16.4 Å². The summed E-state index contributed by atoms with van der Waals surface area (Å²) >= 11 is 0. The zero-order chi connectivity index (χ0) is 19.1. The average molecular weight is 348 g/mol. The van der Waals surface area contributed by atoms with Crippen LogP contribution in [0.25, 0.3) is 0 Å². The van der Waals surface area contributed by atoms with Crippen LogP contribution in [0.2, 0.25) is 0 Å². The maximum Gasteiger partial charge on any atom is 0.239 e. The van der Waals surface area contributed by atoms with Crippen molar-refractivity contribution in [2.45, 2.75) is 59.5 Å². The number of hydrogen-bond acceptors (Lipinski definition) is 3. The topological polar surface area (TPSA) is 84.2 Å². The highest BCUT2D eigenvalue weighted by Gasteiger charge is 2.21. The third-order valence-corrected chi connectivity index (χ3v) is 4.39. The van der Waals surface area contributed by atoms with Crippen LogP contribution in [0.4, 0.5) is 0 Å². The lowest BCUT2D eigenvalue weighted by Gasteiger charge is -2.24. The number of nitrogens with two attached hydrogens (primary N) is 1. The quantitative estimate of drug-likeness (QED) is 0.676. The number of amides is 2. The van der Waals surface area contributed by atoms with Crippen LogP contribution in [0.3, 0.4) is 0 Å². The van der Waals surface area contributed by atoms with E-state index in [0.717, 1.165) is 5.56 Å². The van der Waals surface area contributed by atoms with Crippen LogP contribution in [-0.4, -0.2) is 24.4 Å². The van der Waals surface area contributed by atoms with Gasteiger partial charge in [-0.1, -0.05) is 65.8 Å². The van der Waals surface area contributed by atoms with Crippen LogP contribution in [0.5, 0.6) is 0 Å². The van der Waals surface area contributed by atoms with Crippen molar-refractivity contribution in [1.82, 2.24) is 10.6 Å². The number of benzene rings is 1.